The van der Waals surface area contributed by atoms with E-state index in [1.54, 1.807) is 7.11 Å². The van der Waals surface area contributed by atoms with Crippen LogP contribution in [-0.4, -0.2) is 46.1 Å². The Kier molecular flexibility index (Phi) is 11.6. The monoisotopic (exact) mass is 232 g/mol. The highest BCUT2D eigenvalue weighted by Gasteiger charge is 1.97. The maximum absolute atomic E-state index is 11.1. The van der Waals surface area contributed by atoms with Gasteiger partial charge in [0, 0.05) is 33.4 Å². The average molecular weight is 232 g/mol. The van der Waals surface area contributed by atoms with Crippen LogP contribution in [0.2, 0.25) is 0 Å². The fraction of sp³-hybridized carbons (Fsp3) is 0.909. The normalized spacial score (nSPS) is 10.1. The highest BCUT2D eigenvalue weighted by atomic mass is 16.5. The van der Waals surface area contributed by atoms with Gasteiger partial charge in [0.25, 0.3) is 0 Å². The van der Waals surface area contributed by atoms with Crippen LogP contribution in [0.5, 0.6) is 0 Å². The summed E-state index contributed by atoms with van der Waals surface area (Å²) in [6, 6.07) is -0.148. The first kappa shape index (κ1) is 15.2. The van der Waals surface area contributed by atoms with Crippen molar-refractivity contribution < 1.29 is 14.3 Å². The number of urea groups is 1. The molecule has 0 atom stereocenters. The second kappa shape index (κ2) is 12.3. The topological polar surface area (TPSA) is 59.6 Å². The van der Waals surface area contributed by atoms with Crippen LogP contribution in [0.1, 0.15) is 26.2 Å². The molecule has 2 N–H and O–H groups in total. The number of unbranched alkanes of at least 4 members (excludes halogenated alkanes) is 1. The van der Waals surface area contributed by atoms with Gasteiger partial charge in [0.05, 0.1) is 6.61 Å². The molecule has 0 unspecified atom stereocenters. The van der Waals surface area contributed by atoms with E-state index in [4.69, 9.17) is 9.47 Å². The molecule has 0 aromatic carbocycles. The van der Waals surface area contributed by atoms with Gasteiger partial charge in [0.15, 0.2) is 0 Å². The Labute approximate surface area is 97.9 Å². The molecule has 96 valence electrons. The van der Waals surface area contributed by atoms with Crippen LogP contribution in [0.3, 0.4) is 0 Å². The molecule has 0 aromatic heterocycles. The number of carbonyl (C=O) groups is 1. The minimum absolute atomic E-state index is 0.148. The lowest BCUT2D eigenvalue weighted by Crippen LogP contribution is -2.37. The first-order valence-corrected chi connectivity index (χ1v) is 5.89. The van der Waals surface area contributed by atoms with Crippen molar-refractivity contribution in [2.75, 3.05) is 40.0 Å². The second-order valence-electron chi connectivity index (χ2n) is 3.49. The Morgan fingerprint density at radius 2 is 1.75 bits per heavy atom. The van der Waals surface area contributed by atoms with Crippen LogP contribution in [0, 0.1) is 0 Å². The van der Waals surface area contributed by atoms with E-state index in [1.807, 2.05) is 0 Å². The third-order valence-electron chi connectivity index (χ3n) is 1.98. The lowest BCUT2D eigenvalue weighted by Gasteiger charge is -2.07. The van der Waals surface area contributed by atoms with Gasteiger partial charge >= 0.3 is 6.03 Å². The molecule has 0 saturated carbocycles. The van der Waals surface area contributed by atoms with E-state index >= 15 is 0 Å². The summed E-state index contributed by atoms with van der Waals surface area (Å²) in [5.41, 5.74) is 0. The van der Waals surface area contributed by atoms with Crippen molar-refractivity contribution in [1.29, 1.82) is 0 Å². The van der Waals surface area contributed by atoms with Crippen molar-refractivity contribution >= 4 is 6.03 Å². The molecule has 0 bridgehead atoms. The van der Waals surface area contributed by atoms with Gasteiger partial charge in [0.2, 0.25) is 0 Å². The quantitative estimate of drug-likeness (QED) is 0.555. The summed E-state index contributed by atoms with van der Waals surface area (Å²) in [5, 5.41) is 5.43. The summed E-state index contributed by atoms with van der Waals surface area (Å²) in [4.78, 5) is 11.1. The van der Waals surface area contributed by atoms with Gasteiger partial charge in [-0.2, -0.15) is 0 Å². The number of amides is 2. The lowest BCUT2D eigenvalue weighted by atomic mass is 10.4. The van der Waals surface area contributed by atoms with E-state index in [1.165, 1.54) is 0 Å². The number of carbonyl (C=O) groups excluding carboxylic acids is 1. The summed E-state index contributed by atoms with van der Waals surface area (Å²) >= 11 is 0. The standard InChI is InChI=1S/C11H24N2O3/c1-3-4-8-16-9-5-6-12-11(14)13-7-10-15-2/h3-10H2,1-2H3,(H2,12,13,14). The van der Waals surface area contributed by atoms with Crippen LogP contribution in [-0.2, 0) is 9.47 Å². The van der Waals surface area contributed by atoms with Crippen molar-refractivity contribution in [3.05, 3.63) is 0 Å². The predicted octanol–water partition coefficient (Wildman–Crippen LogP) is 1.14. The fourth-order valence-corrected chi connectivity index (χ4v) is 1.05. The highest BCUT2D eigenvalue weighted by Crippen LogP contribution is 1.88. The molecule has 0 aliphatic rings. The number of methoxy groups -OCH3 is 1. The summed E-state index contributed by atoms with van der Waals surface area (Å²) in [6.07, 6.45) is 3.10. The Morgan fingerprint density at radius 3 is 2.44 bits per heavy atom. The van der Waals surface area contributed by atoms with Gasteiger partial charge in [0.1, 0.15) is 0 Å². The van der Waals surface area contributed by atoms with Crippen molar-refractivity contribution in [1.82, 2.24) is 10.6 Å². The zero-order chi connectivity index (χ0) is 12.1. The van der Waals surface area contributed by atoms with Crippen LogP contribution in [0.25, 0.3) is 0 Å². The van der Waals surface area contributed by atoms with Crippen molar-refractivity contribution in [3.63, 3.8) is 0 Å². The number of hydrogen-bond acceptors (Lipinski definition) is 3. The van der Waals surface area contributed by atoms with Crippen LogP contribution < -0.4 is 10.6 Å². The minimum atomic E-state index is -0.148. The Bertz CT molecular complexity index is 165. The van der Waals surface area contributed by atoms with E-state index in [9.17, 15) is 4.79 Å². The van der Waals surface area contributed by atoms with E-state index in [0.29, 0.717) is 26.3 Å². The fourth-order valence-electron chi connectivity index (χ4n) is 1.05. The molecule has 0 rings (SSSR count). The molecule has 5 heteroatoms. The number of ether oxygens (including phenoxy) is 2. The smallest absolute Gasteiger partial charge is 0.314 e. The largest absolute Gasteiger partial charge is 0.383 e. The first-order chi connectivity index (χ1) is 7.81. The molecule has 0 fully saturated rings. The van der Waals surface area contributed by atoms with Crippen LogP contribution in [0.4, 0.5) is 4.79 Å². The van der Waals surface area contributed by atoms with Gasteiger partial charge < -0.3 is 20.1 Å². The van der Waals surface area contributed by atoms with Crippen LogP contribution in [0.15, 0.2) is 0 Å². The molecule has 16 heavy (non-hydrogen) atoms. The molecule has 0 saturated heterocycles. The van der Waals surface area contributed by atoms with Gasteiger partial charge in [-0.1, -0.05) is 13.3 Å². The number of rotatable bonds is 10. The van der Waals surface area contributed by atoms with Crippen molar-refractivity contribution in [2.45, 2.75) is 26.2 Å². The van der Waals surface area contributed by atoms with E-state index in [2.05, 4.69) is 17.6 Å². The molecular weight excluding hydrogens is 208 g/mol. The van der Waals surface area contributed by atoms with Gasteiger partial charge in [-0.3, -0.25) is 0 Å². The Balaban J connectivity index is 3.09. The molecule has 0 spiro atoms. The molecular formula is C11H24N2O3. The number of hydrogen-bond donors (Lipinski definition) is 2. The van der Waals surface area contributed by atoms with Gasteiger partial charge in [-0.15, -0.1) is 0 Å². The third-order valence-corrected chi connectivity index (χ3v) is 1.98. The summed E-state index contributed by atoms with van der Waals surface area (Å²) in [6.45, 7) is 5.37. The highest BCUT2D eigenvalue weighted by molar-refractivity contribution is 5.73. The maximum atomic E-state index is 11.1. The lowest BCUT2D eigenvalue weighted by molar-refractivity contribution is 0.129. The molecule has 0 heterocycles. The summed E-state index contributed by atoms with van der Waals surface area (Å²) < 4.78 is 10.2. The SMILES string of the molecule is CCCCOCCCNC(=O)NCCOC. The molecule has 0 radical (unpaired) electrons. The first-order valence-electron chi connectivity index (χ1n) is 5.89. The molecule has 0 aliphatic heterocycles. The third kappa shape index (κ3) is 11.3. The Hall–Kier alpha value is -0.810. The molecule has 5 nitrogen and oxygen atoms in total. The Morgan fingerprint density at radius 1 is 1.06 bits per heavy atom. The van der Waals surface area contributed by atoms with Crippen molar-refractivity contribution in [2.24, 2.45) is 0 Å². The zero-order valence-electron chi connectivity index (χ0n) is 10.4. The number of nitrogens with one attached hydrogen (secondary N) is 2. The van der Waals surface area contributed by atoms with E-state index in [0.717, 1.165) is 25.9 Å². The molecule has 2 amide bonds. The maximum Gasteiger partial charge on any atom is 0.314 e. The van der Waals surface area contributed by atoms with Crippen molar-refractivity contribution in [3.8, 4) is 0 Å². The van der Waals surface area contributed by atoms with E-state index in [-0.39, 0.29) is 6.03 Å². The second-order valence-corrected chi connectivity index (χ2v) is 3.49. The van der Waals surface area contributed by atoms with Crippen LogP contribution >= 0.6 is 0 Å². The van der Waals surface area contributed by atoms with Gasteiger partial charge in [-0.25, -0.2) is 4.79 Å². The van der Waals surface area contributed by atoms with Gasteiger partial charge in [-0.05, 0) is 12.8 Å². The predicted molar refractivity (Wildman–Crippen MR) is 63.6 cm³/mol. The average Bonchev–Trinajstić information content (AvgIpc) is 2.28. The molecule has 0 aromatic rings. The summed E-state index contributed by atoms with van der Waals surface area (Å²) in [5.74, 6) is 0. The molecule has 0 aliphatic carbocycles. The zero-order valence-corrected chi connectivity index (χ0v) is 10.4. The minimum Gasteiger partial charge on any atom is -0.383 e. The summed E-state index contributed by atoms with van der Waals surface area (Å²) in [7, 11) is 1.60. The van der Waals surface area contributed by atoms with E-state index < -0.39 is 0 Å².